The highest BCUT2D eigenvalue weighted by Gasteiger charge is 2.13. The molecule has 5 heteroatoms. The Morgan fingerprint density at radius 1 is 1.32 bits per heavy atom. The second-order valence-corrected chi connectivity index (χ2v) is 5.98. The van der Waals surface area contributed by atoms with Gasteiger partial charge in [-0.15, -0.1) is 0 Å². The van der Waals surface area contributed by atoms with Crippen LogP contribution in [0.3, 0.4) is 0 Å². The first-order valence-electron chi connectivity index (χ1n) is 6.06. The van der Waals surface area contributed by atoms with Gasteiger partial charge in [-0.25, -0.2) is 0 Å². The standard InChI is InChI=1S/C14H20BrNO3/c1-10(15)9-16(2)14(17)8-11-5-6-12(18-3)13(7-11)19-4/h5-7,10H,8-9H2,1-4H3. The zero-order chi connectivity index (χ0) is 14.4. The number of hydrogen-bond acceptors (Lipinski definition) is 3. The van der Waals surface area contributed by atoms with E-state index in [1.54, 1.807) is 26.2 Å². The molecule has 0 saturated carbocycles. The number of alkyl halides is 1. The van der Waals surface area contributed by atoms with Gasteiger partial charge in [-0.05, 0) is 17.7 Å². The van der Waals surface area contributed by atoms with E-state index in [-0.39, 0.29) is 10.7 Å². The van der Waals surface area contributed by atoms with Crippen LogP contribution in [0.1, 0.15) is 12.5 Å². The van der Waals surface area contributed by atoms with E-state index in [1.165, 1.54) is 0 Å². The van der Waals surface area contributed by atoms with E-state index in [0.29, 0.717) is 24.5 Å². The van der Waals surface area contributed by atoms with Crippen LogP contribution in [0, 0.1) is 0 Å². The molecule has 0 saturated heterocycles. The summed E-state index contributed by atoms with van der Waals surface area (Å²) in [6.45, 7) is 2.70. The van der Waals surface area contributed by atoms with Crippen molar-refractivity contribution in [1.29, 1.82) is 0 Å². The number of likely N-dealkylation sites (N-methyl/N-ethyl adjacent to an activating group) is 1. The van der Waals surface area contributed by atoms with Crippen molar-refractivity contribution in [2.75, 3.05) is 27.8 Å². The van der Waals surface area contributed by atoms with Gasteiger partial charge in [0.2, 0.25) is 5.91 Å². The molecule has 0 aliphatic carbocycles. The van der Waals surface area contributed by atoms with E-state index in [2.05, 4.69) is 15.9 Å². The molecule has 0 aliphatic heterocycles. The minimum Gasteiger partial charge on any atom is -0.493 e. The summed E-state index contributed by atoms with van der Waals surface area (Å²) in [5.74, 6) is 1.39. The van der Waals surface area contributed by atoms with E-state index < -0.39 is 0 Å². The summed E-state index contributed by atoms with van der Waals surface area (Å²) >= 11 is 3.44. The molecule has 4 nitrogen and oxygen atoms in total. The Labute approximate surface area is 122 Å². The first-order chi connectivity index (χ1) is 8.97. The summed E-state index contributed by atoms with van der Waals surface area (Å²) in [4.78, 5) is 14.0. The minimum absolute atomic E-state index is 0.0820. The summed E-state index contributed by atoms with van der Waals surface area (Å²) in [7, 11) is 4.98. The number of rotatable bonds is 6. The van der Waals surface area contributed by atoms with E-state index in [0.717, 1.165) is 5.56 Å². The topological polar surface area (TPSA) is 38.8 Å². The van der Waals surface area contributed by atoms with Gasteiger partial charge in [-0.1, -0.05) is 28.9 Å². The SMILES string of the molecule is COc1ccc(CC(=O)N(C)CC(C)Br)cc1OC. The smallest absolute Gasteiger partial charge is 0.226 e. The van der Waals surface area contributed by atoms with E-state index in [4.69, 9.17) is 9.47 Å². The molecule has 0 bridgehead atoms. The van der Waals surface area contributed by atoms with Gasteiger partial charge in [0, 0.05) is 18.4 Å². The number of ether oxygens (including phenoxy) is 2. The van der Waals surface area contributed by atoms with Crippen molar-refractivity contribution in [3.8, 4) is 11.5 Å². The second kappa shape index (κ2) is 7.38. The lowest BCUT2D eigenvalue weighted by molar-refractivity contribution is -0.129. The molecule has 106 valence electrons. The normalized spacial score (nSPS) is 11.8. The number of carbonyl (C=O) groups is 1. The monoisotopic (exact) mass is 329 g/mol. The van der Waals surface area contributed by atoms with Crippen LogP contribution in [0.4, 0.5) is 0 Å². The van der Waals surface area contributed by atoms with Crippen molar-refractivity contribution in [2.24, 2.45) is 0 Å². The average Bonchev–Trinajstić information content (AvgIpc) is 2.37. The van der Waals surface area contributed by atoms with Crippen LogP contribution in [0.25, 0.3) is 0 Å². The zero-order valence-electron chi connectivity index (χ0n) is 11.8. The molecular weight excluding hydrogens is 310 g/mol. The number of benzene rings is 1. The van der Waals surface area contributed by atoms with Gasteiger partial charge >= 0.3 is 0 Å². The van der Waals surface area contributed by atoms with Crippen molar-refractivity contribution in [3.05, 3.63) is 23.8 Å². The quantitative estimate of drug-likeness (QED) is 0.752. The van der Waals surface area contributed by atoms with Gasteiger partial charge in [-0.3, -0.25) is 4.79 Å². The number of hydrogen-bond donors (Lipinski definition) is 0. The molecule has 1 atom stereocenters. The Morgan fingerprint density at radius 2 is 1.95 bits per heavy atom. The maximum atomic E-state index is 12.0. The van der Waals surface area contributed by atoms with Crippen LogP contribution in [-0.2, 0) is 11.2 Å². The van der Waals surface area contributed by atoms with Crippen molar-refractivity contribution in [2.45, 2.75) is 18.2 Å². The van der Waals surface area contributed by atoms with E-state index in [1.807, 2.05) is 25.1 Å². The van der Waals surface area contributed by atoms with Crippen molar-refractivity contribution >= 4 is 21.8 Å². The van der Waals surface area contributed by atoms with Crippen LogP contribution in [-0.4, -0.2) is 43.4 Å². The molecule has 0 N–H and O–H groups in total. The van der Waals surface area contributed by atoms with Gasteiger partial charge in [0.15, 0.2) is 11.5 Å². The summed E-state index contributed by atoms with van der Waals surface area (Å²) in [5.41, 5.74) is 0.914. The summed E-state index contributed by atoms with van der Waals surface area (Å²) in [5, 5.41) is 0. The van der Waals surface area contributed by atoms with Gasteiger partial charge in [-0.2, -0.15) is 0 Å². The molecule has 1 unspecified atom stereocenters. The molecule has 19 heavy (non-hydrogen) atoms. The second-order valence-electron chi connectivity index (χ2n) is 4.42. The zero-order valence-corrected chi connectivity index (χ0v) is 13.4. The predicted octanol–water partition coefficient (Wildman–Crippen LogP) is 2.49. The average molecular weight is 330 g/mol. The van der Waals surface area contributed by atoms with E-state index >= 15 is 0 Å². The predicted molar refractivity (Wildman–Crippen MR) is 79.3 cm³/mol. The van der Waals surface area contributed by atoms with Crippen LogP contribution in [0.5, 0.6) is 11.5 Å². The number of carbonyl (C=O) groups excluding carboxylic acids is 1. The van der Waals surface area contributed by atoms with Crippen LogP contribution in [0.15, 0.2) is 18.2 Å². The van der Waals surface area contributed by atoms with Gasteiger partial charge < -0.3 is 14.4 Å². The van der Waals surface area contributed by atoms with Crippen molar-refractivity contribution in [1.82, 2.24) is 4.90 Å². The Balaban J connectivity index is 2.74. The molecule has 0 spiro atoms. The Kier molecular flexibility index (Phi) is 6.15. The summed E-state index contributed by atoms with van der Waals surface area (Å²) in [6.07, 6.45) is 0.358. The molecular formula is C14H20BrNO3. The highest BCUT2D eigenvalue weighted by molar-refractivity contribution is 9.09. The number of nitrogens with zero attached hydrogens (tertiary/aromatic N) is 1. The largest absolute Gasteiger partial charge is 0.493 e. The molecule has 1 aromatic rings. The van der Waals surface area contributed by atoms with Crippen molar-refractivity contribution < 1.29 is 14.3 Å². The molecule has 1 aromatic carbocycles. The maximum absolute atomic E-state index is 12.0. The molecule has 0 radical (unpaired) electrons. The number of halogens is 1. The fraction of sp³-hybridized carbons (Fsp3) is 0.500. The number of methoxy groups -OCH3 is 2. The molecule has 0 fully saturated rings. The molecule has 1 amide bonds. The maximum Gasteiger partial charge on any atom is 0.226 e. The Morgan fingerprint density at radius 3 is 2.47 bits per heavy atom. The molecule has 1 rings (SSSR count). The first kappa shape index (κ1) is 15.8. The molecule has 0 aromatic heterocycles. The van der Waals surface area contributed by atoms with Gasteiger partial charge in [0.05, 0.1) is 20.6 Å². The Bertz CT molecular complexity index is 435. The number of amides is 1. The fourth-order valence-electron chi connectivity index (χ4n) is 1.78. The third-order valence-electron chi connectivity index (χ3n) is 2.75. The highest BCUT2D eigenvalue weighted by atomic mass is 79.9. The van der Waals surface area contributed by atoms with Gasteiger partial charge in [0.25, 0.3) is 0 Å². The van der Waals surface area contributed by atoms with E-state index in [9.17, 15) is 4.79 Å². The lowest BCUT2D eigenvalue weighted by Crippen LogP contribution is -2.32. The third kappa shape index (κ3) is 4.74. The van der Waals surface area contributed by atoms with Gasteiger partial charge in [0.1, 0.15) is 0 Å². The third-order valence-corrected chi connectivity index (χ3v) is 3.04. The highest BCUT2D eigenvalue weighted by Crippen LogP contribution is 2.27. The fourth-order valence-corrected chi connectivity index (χ4v) is 2.21. The lowest BCUT2D eigenvalue weighted by Gasteiger charge is -2.19. The Hall–Kier alpha value is -1.23. The van der Waals surface area contributed by atoms with Crippen LogP contribution < -0.4 is 9.47 Å². The van der Waals surface area contributed by atoms with Crippen LogP contribution >= 0.6 is 15.9 Å². The van der Waals surface area contributed by atoms with Crippen molar-refractivity contribution in [3.63, 3.8) is 0 Å². The molecule has 0 aliphatic rings. The summed E-state index contributed by atoms with van der Waals surface area (Å²) < 4.78 is 10.4. The minimum atomic E-state index is 0.0820. The lowest BCUT2D eigenvalue weighted by atomic mass is 10.1. The van der Waals surface area contributed by atoms with Crippen LogP contribution in [0.2, 0.25) is 0 Å². The molecule has 0 heterocycles. The summed E-state index contributed by atoms with van der Waals surface area (Å²) in [6, 6.07) is 5.53. The first-order valence-corrected chi connectivity index (χ1v) is 6.98.